The first-order valence-corrected chi connectivity index (χ1v) is 26.4. The van der Waals surface area contributed by atoms with Crippen molar-refractivity contribution in [1.82, 2.24) is 0 Å². The van der Waals surface area contributed by atoms with E-state index >= 15 is 0 Å². The normalized spacial score (nSPS) is 12.8. The molecule has 10 aromatic carbocycles. The van der Waals surface area contributed by atoms with Crippen molar-refractivity contribution in [3.05, 3.63) is 315 Å². The fourth-order valence-corrected chi connectivity index (χ4v) is 10.5. The van der Waals surface area contributed by atoms with E-state index in [1.165, 1.54) is 56.1 Å². The zero-order valence-electron chi connectivity index (χ0n) is 42.5. The molecule has 0 saturated carbocycles. The van der Waals surface area contributed by atoms with E-state index in [0.29, 0.717) is 0 Å². The highest BCUT2D eigenvalue weighted by atomic mass is 15.2. The Morgan fingerprint density at radius 1 is 0.197 bits per heavy atom. The quantitative estimate of drug-likeness (QED) is 0.101. The Morgan fingerprint density at radius 2 is 0.395 bits per heavy atom. The fraction of sp³-hybridized carbons (Fsp3) is 0.0556. The van der Waals surface area contributed by atoms with Crippen LogP contribution in [0.25, 0.3) is 33.4 Å². The topological polar surface area (TPSA) is 13.0 Å². The van der Waals surface area contributed by atoms with Crippen LogP contribution in [0.2, 0.25) is 0 Å². The Hall–Kier alpha value is -9.64. The predicted molar refractivity (Wildman–Crippen MR) is 322 cm³/mol. The average molecular weight is 979 g/mol. The number of hydrogen-bond donors (Lipinski definition) is 0. The number of hydrogen-bond acceptors (Lipinski definition) is 4. The van der Waals surface area contributed by atoms with E-state index in [9.17, 15) is 0 Å². The van der Waals surface area contributed by atoms with Gasteiger partial charge in [-0.2, -0.15) is 0 Å². The largest absolute Gasteiger partial charge is 0.314 e. The number of anilines is 10. The molecule has 0 unspecified atom stereocenters. The van der Waals surface area contributed by atoms with Crippen LogP contribution in [0, 0.1) is 0 Å². The Labute approximate surface area is 448 Å². The van der Waals surface area contributed by atoms with Crippen LogP contribution in [0.1, 0.15) is 25.7 Å². The molecule has 0 spiro atoms. The average Bonchev–Trinajstić information content (AvgIpc) is 3.50. The van der Waals surface area contributed by atoms with Crippen LogP contribution < -0.4 is 19.6 Å². The van der Waals surface area contributed by atoms with Gasteiger partial charge < -0.3 is 19.6 Å². The highest BCUT2D eigenvalue weighted by Gasteiger charge is 2.19. The molecule has 10 aromatic rings. The SMILES string of the molecule is C1=CCCC(N(c2ccccc2)c2ccc(-c3ccc(N(C4=CC=CCC4)c4ccc(-c5ccc(N(c6ccccc6)c6ccc(-c7ccc(N(c8ccccc8)c8ccccc8)cc7)cc6)cc5)cc4)cc3)cc2)=C1. The van der Waals surface area contributed by atoms with Gasteiger partial charge in [-0.1, -0.05) is 170 Å². The van der Waals surface area contributed by atoms with Crippen LogP contribution >= 0.6 is 0 Å². The minimum Gasteiger partial charge on any atom is -0.314 e. The molecule has 12 rings (SSSR count). The molecule has 0 heterocycles. The Morgan fingerprint density at radius 3 is 0.605 bits per heavy atom. The van der Waals surface area contributed by atoms with Crippen molar-refractivity contribution in [2.45, 2.75) is 25.7 Å². The second-order valence-electron chi connectivity index (χ2n) is 19.2. The predicted octanol–water partition coefficient (Wildman–Crippen LogP) is 20.4. The van der Waals surface area contributed by atoms with Gasteiger partial charge in [-0.05, 0) is 193 Å². The van der Waals surface area contributed by atoms with Crippen molar-refractivity contribution >= 4 is 56.9 Å². The lowest BCUT2D eigenvalue weighted by Crippen LogP contribution is -2.17. The molecule has 2 aliphatic rings. The minimum absolute atomic E-state index is 0.976. The van der Waals surface area contributed by atoms with Crippen LogP contribution in [0.5, 0.6) is 0 Å². The number of nitrogens with zero attached hydrogens (tertiary/aromatic N) is 4. The van der Waals surface area contributed by atoms with Crippen LogP contribution in [0.4, 0.5) is 56.9 Å². The molecule has 4 nitrogen and oxygen atoms in total. The van der Waals surface area contributed by atoms with Crippen molar-refractivity contribution in [3.8, 4) is 33.4 Å². The van der Waals surface area contributed by atoms with Gasteiger partial charge in [-0.25, -0.2) is 0 Å². The van der Waals surface area contributed by atoms with Gasteiger partial charge in [-0.15, -0.1) is 0 Å². The van der Waals surface area contributed by atoms with Gasteiger partial charge in [0, 0.05) is 68.3 Å². The Kier molecular flexibility index (Phi) is 13.9. The van der Waals surface area contributed by atoms with Gasteiger partial charge in [0.1, 0.15) is 0 Å². The lowest BCUT2D eigenvalue weighted by atomic mass is 10.0. The van der Waals surface area contributed by atoms with Crippen molar-refractivity contribution in [3.63, 3.8) is 0 Å². The Balaban J connectivity index is 0.769. The summed E-state index contributed by atoms with van der Waals surface area (Å²) in [6.07, 6.45) is 17.4. The monoisotopic (exact) mass is 978 g/mol. The highest BCUT2D eigenvalue weighted by molar-refractivity contribution is 5.83. The molecule has 0 fully saturated rings. The summed E-state index contributed by atoms with van der Waals surface area (Å²) in [5.74, 6) is 0. The van der Waals surface area contributed by atoms with Gasteiger partial charge >= 0.3 is 0 Å². The van der Waals surface area contributed by atoms with Gasteiger partial charge in [-0.3, -0.25) is 0 Å². The first kappa shape index (κ1) is 47.4. The van der Waals surface area contributed by atoms with Gasteiger partial charge in [0.25, 0.3) is 0 Å². The van der Waals surface area contributed by atoms with Crippen molar-refractivity contribution in [1.29, 1.82) is 0 Å². The van der Waals surface area contributed by atoms with Crippen molar-refractivity contribution in [2.24, 2.45) is 0 Å². The van der Waals surface area contributed by atoms with Crippen LogP contribution in [-0.2, 0) is 0 Å². The number of rotatable bonds is 15. The first-order chi connectivity index (χ1) is 37.7. The van der Waals surface area contributed by atoms with Gasteiger partial charge in [0.15, 0.2) is 0 Å². The zero-order chi connectivity index (χ0) is 50.9. The van der Waals surface area contributed by atoms with E-state index in [1.807, 2.05) is 0 Å². The maximum atomic E-state index is 2.41. The van der Waals surface area contributed by atoms with E-state index < -0.39 is 0 Å². The maximum Gasteiger partial charge on any atom is 0.0462 e. The molecule has 2 aliphatic carbocycles. The van der Waals surface area contributed by atoms with E-state index in [1.54, 1.807) is 0 Å². The second kappa shape index (κ2) is 22.2. The van der Waals surface area contributed by atoms with Gasteiger partial charge in [0.05, 0.1) is 0 Å². The summed E-state index contributed by atoms with van der Waals surface area (Å²) in [4.78, 5) is 9.42. The third-order valence-electron chi connectivity index (χ3n) is 14.4. The molecular formula is C72H58N4. The van der Waals surface area contributed by atoms with E-state index in [-0.39, 0.29) is 0 Å². The molecule has 0 saturated heterocycles. The molecule has 0 aromatic heterocycles. The fourth-order valence-electron chi connectivity index (χ4n) is 10.5. The summed E-state index contributed by atoms with van der Waals surface area (Å²) in [7, 11) is 0. The molecule has 76 heavy (non-hydrogen) atoms. The van der Waals surface area contributed by atoms with Gasteiger partial charge in [0.2, 0.25) is 0 Å². The smallest absolute Gasteiger partial charge is 0.0462 e. The van der Waals surface area contributed by atoms with Crippen LogP contribution in [0.3, 0.4) is 0 Å². The lowest BCUT2D eigenvalue weighted by Gasteiger charge is -2.29. The molecule has 0 bridgehead atoms. The maximum absolute atomic E-state index is 2.41. The zero-order valence-corrected chi connectivity index (χ0v) is 42.5. The summed E-state index contributed by atoms with van der Waals surface area (Å²) in [5, 5.41) is 0. The third-order valence-corrected chi connectivity index (χ3v) is 14.4. The molecule has 0 atom stereocenters. The summed E-state index contributed by atoms with van der Waals surface area (Å²) in [6, 6.07) is 96.2. The molecule has 0 radical (unpaired) electrons. The highest BCUT2D eigenvalue weighted by Crippen LogP contribution is 2.41. The first-order valence-electron chi connectivity index (χ1n) is 26.4. The molecule has 0 amide bonds. The molecule has 0 aliphatic heterocycles. The number of para-hydroxylation sites is 4. The minimum atomic E-state index is 0.976. The third kappa shape index (κ3) is 10.3. The van der Waals surface area contributed by atoms with E-state index in [4.69, 9.17) is 0 Å². The summed E-state index contributed by atoms with van der Waals surface area (Å²) in [6.45, 7) is 0. The molecule has 0 N–H and O–H groups in total. The summed E-state index contributed by atoms with van der Waals surface area (Å²) in [5.41, 5.74) is 20.9. The van der Waals surface area contributed by atoms with Crippen LogP contribution in [-0.4, -0.2) is 0 Å². The number of benzene rings is 10. The standard InChI is InChI=1S/C72H58N4/c1-7-19-61(20-8-1)73(62-21-9-2-10-22-62)67-43-31-55(32-44-67)57-35-47-69(48-36-57)75(65-27-15-5-16-28-65)71-51-39-59(40-52-71)60-41-53-72(54-42-60)76(66-29-17-6-18-30-66)70-49-37-58(38-50-70)56-33-45-68(46-34-56)74(63-23-11-3-12-24-63)64-25-13-4-14-26-64/h1-13,15-17,19-25,27-29,31-54H,14,18,26,30H2. The second-order valence-corrected chi connectivity index (χ2v) is 19.2. The summed E-state index contributed by atoms with van der Waals surface area (Å²) < 4.78 is 0. The molecule has 4 heteroatoms. The van der Waals surface area contributed by atoms with E-state index in [0.717, 1.165) is 71.2 Å². The molecule has 366 valence electrons. The number of allylic oxidation sites excluding steroid dienone is 8. The van der Waals surface area contributed by atoms with E-state index in [2.05, 4.69) is 323 Å². The Bertz CT molecular complexity index is 3580. The van der Waals surface area contributed by atoms with Crippen LogP contribution in [0.15, 0.2) is 315 Å². The van der Waals surface area contributed by atoms with Crippen molar-refractivity contribution in [2.75, 3.05) is 19.6 Å². The van der Waals surface area contributed by atoms with Crippen molar-refractivity contribution < 1.29 is 0 Å². The lowest BCUT2D eigenvalue weighted by molar-refractivity contribution is 0.917. The molecular weight excluding hydrogens is 921 g/mol. The summed E-state index contributed by atoms with van der Waals surface area (Å²) >= 11 is 0.